The Kier molecular flexibility index (Phi) is 4.46. The quantitative estimate of drug-likeness (QED) is 0.819. The van der Waals surface area contributed by atoms with E-state index in [-0.39, 0.29) is 11.9 Å². The average molecular weight is 280 g/mol. The van der Waals surface area contributed by atoms with E-state index in [1.165, 1.54) is 7.11 Å². The third-order valence-corrected chi connectivity index (χ3v) is 3.61. The second-order valence-corrected chi connectivity index (χ2v) is 4.78. The maximum atomic E-state index is 12.5. The molecule has 0 aliphatic carbocycles. The summed E-state index contributed by atoms with van der Waals surface area (Å²) in [5, 5.41) is 12.9. The van der Waals surface area contributed by atoms with Gasteiger partial charge in [-0.2, -0.15) is 0 Å². The molecule has 6 heteroatoms. The van der Waals surface area contributed by atoms with Gasteiger partial charge < -0.3 is 24.8 Å². The topological polar surface area (TPSA) is 71.0 Å². The first kappa shape index (κ1) is 14.6. The lowest BCUT2D eigenvalue weighted by Crippen LogP contribution is -2.44. The molecule has 1 aliphatic heterocycles. The molecule has 1 aromatic carbocycles. The molecule has 0 spiro atoms. The molecule has 2 rings (SSSR count). The van der Waals surface area contributed by atoms with Crippen LogP contribution in [0.3, 0.4) is 0 Å². The van der Waals surface area contributed by atoms with Crippen molar-refractivity contribution < 1.29 is 19.4 Å². The zero-order chi connectivity index (χ0) is 14.7. The van der Waals surface area contributed by atoms with E-state index < -0.39 is 6.10 Å². The molecule has 2 N–H and O–H groups in total. The number of nitrogens with one attached hydrogen (secondary N) is 1. The van der Waals surface area contributed by atoms with E-state index in [1.54, 1.807) is 37.3 Å². The van der Waals surface area contributed by atoms with Gasteiger partial charge in [0, 0.05) is 26.2 Å². The normalized spacial score (nSPS) is 21.6. The van der Waals surface area contributed by atoms with E-state index in [0.717, 1.165) is 0 Å². The predicted molar refractivity (Wildman–Crippen MR) is 74.3 cm³/mol. The molecule has 0 saturated carbocycles. The van der Waals surface area contributed by atoms with Gasteiger partial charge in [0.25, 0.3) is 5.91 Å². The number of β-amino-alcohol motifs (C(OH)–C–C–N with tert-alkyl or cyclic N) is 1. The zero-order valence-electron chi connectivity index (χ0n) is 11.9. The SMILES string of the molecule is COc1ccc(C(=O)N(C)[C@H]2CNC[C@@H]2O)c(OC)c1. The van der Waals surface area contributed by atoms with Gasteiger partial charge in [-0.15, -0.1) is 0 Å². The molecule has 1 amide bonds. The minimum Gasteiger partial charge on any atom is -0.497 e. The van der Waals surface area contributed by atoms with Crippen molar-refractivity contribution >= 4 is 5.91 Å². The molecular weight excluding hydrogens is 260 g/mol. The lowest BCUT2D eigenvalue weighted by molar-refractivity contribution is 0.0578. The number of aliphatic hydroxyl groups excluding tert-OH is 1. The molecule has 0 bridgehead atoms. The van der Waals surface area contributed by atoms with E-state index >= 15 is 0 Å². The molecule has 20 heavy (non-hydrogen) atoms. The van der Waals surface area contributed by atoms with Crippen LogP contribution in [-0.4, -0.2) is 62.4 Å². The maximum Gasteiger partial charge on any atom is 0.257 e. The number of likely N-dealkylation sites (N-methyl/N-ethyl adjacent to an activating group) is 1. The van der Waals surface area contributed by atoms with Crippen LogP contribution in [0.5, 0.6) is 11.5 Å². The molecule has 1 fully saturated rings. The summed E-state index contributed by atoms with van der Waals surface area (Å²) in [7, 11) is 4.76. The van der Waals surface area contributed by atoms with Gasteiger partial charge in [0.05, 0.1) is 31.9 Å². The molecule has 1 aromatic rings. The standard InChI is InChI=1S/C14H20N2O4/c1-16(11-7-15-8-12(11)17)14(18)10-5-4-9(19-2)6-13(10)20-3/h4-6,11-12,15,17H,7-8H2,1-3H3/t11-,12-/m0/s1. The van der Waals surface area contributed by atoms with Crippen molar-refractivity contribution in [2.75, 3.05) is 34.4 Å². The maximum absolute atomic E-state index is 12.5. The number of carbonyl (C=O) groups is 1. The van der Waals surface area contributed by atoms with Gasteiger partial charge in [-0.1, -0.05) is 0 Å². The Labute approximate surface area is 118 Å². The summed E-state index contributed by atoms with van der Waals surface area (Å²) in [4.78, 5) is 14.1. The molecular formula is C14H20N2O4. The van der Waals surface area contributed by atoms with Crippen LogP contribution in [0.2, 0.25) is 0 Å². The van der Waals surface area contributed by atoms with Gasteiger partial charge >= 0.3 is 0 Å². The first-order valence-electron chi connectivity index (χ1n) is 6.46. The Balaban J connectivity index is 2.24. The fourth-order valence-electron chi connectivity index (χ4n) is 2.36. The number of methoxy groups -OCH3 is 2. The van der Waals surface area contributed by atoms with Crippen LogP contribution in [0.1, 0.15) is 10.4 Å². The number of aliphatic hydroxyl groups is 1. The molecule has 1 heterocycles. The third-order valence-electron chi connectivity index (χ3n) is 3.61. The predicted octanol–water partition coefficient (Wildman–Crippen LogP) is 0.108. The molecule has 0 unspecified atom stereocenters. The van der Waals surface area contributed by atoms with Crippen molar-refractivity contribution in [1.82, 2.24) is 10.2 Å². The molecule has 0 radical (unpaired) electrons. The van der Waals surface area contributed by atoms with Crippen LogP contribution in [0, 0.1) is 0 Å². The van der Waals surface area contributed by atoms with E-state index in [4.69, 9.17) is 9.47 Å². The highest BCUT2D eigenvalue weighted by atomic mass is 16.5. The first-order valence-corrected chi connectivity index (χ1v) is 6.46. The summed E-state index contributed by atoms with van der Waals surface area (Å²) in [6.07, 6.45) is -0.548. The Hall–Kier alpha value is -1.79. The van der Waals surface area contributed by atoms with Crippen molar-refractivity contribution in [3.8, 4) is 11.5 Å². The number of hydrogen-bond donors (Lipinski definition) is 2. The van der Waals surface area contributed by atoms with Gasteiger partial charge in [0.1, 0.15) is 11.5 Å². The largest absolute Gasteiger partial charge is 0.497 e. The highest BCUT2D eigenvalue weighted by Crippen LogP contribution is 2.26. The summed E-state index contributed by atoms with van der Waals surface area (Å²) in [5.41, 5.74) is 0.454. The summed E-state index contributed by atoms with van der Waals surface area (Å²) in [5.74, 6) is 0.905. The van der Waals surface area contributed by atoms with Gasteiger partial charge in [0.15, 0.2) is 0 Å². The number of benzene rings is 1. The second kappa shape index (κ2) is 6.11. The summed E-state index contributed by atoms with van der Waals surface area (Å²) in [6.45, 7) is 1.09. The minimum absolute atomic E-state index is 0.183. The number of carbonyl (C=O) groups excluding carboxylic acids is 1. The van der Waals surface area contributed by atoms with Crippen LogP contribution >= 0.6 is 0 Å². The lowest BCUT2D eigenvalue weighted by Gasteiger charge is -2.27. The minimum atomic E-state index is -0.548. The van der Waals surface area contributed by atoms with Crippen molar-refractivity contribution in [2.45, 2.75) is 12.1 Å². The van der Waals surface area contributed by atoms with Crippen molar-refractivity contribution in [3.63, 3.8) is 0 Å². The fraction of sp³-hybridized carbons (Fsp3) is 0.500. The summed E-state index contributed by atoms with van der Waals surface area (Å²) >= 11 is 0. The Bertz CT molecular complexity index is 492. The molecule has 2 atom stereocenters. The van der Waals surface area contributed by atoms with E-state index in [1.807, 2.05) is 0 Å². The monoisotopic (exact) mass is 280 g/mol. The summed E-state index contributed by atoms with van der Waals surface area (Å²) in [6, 6.07) is 4.83. The van der Waals surface area contributed by atoms with E-state index in [2.05, 4.69) is 5.32 Å². The van der Waals surface area contributed by atoms with Crippen molar-refractivity contribution in [2.24, 2.45) is 0 Å². The van der Waals surface area contributed by atoms with Crippen molar-refractivity contribution in [3.05, 3.63) is 23.8 Å². The molecule has 1 aliphatic rings. The molecule has 6 nitrogen and oxygen atoms in total. The number of hydrogen-bond acceptors (Lipinski definition) is 5. The first-order chi connectivity index (χ1) is 9.58. The average Bonchev–Trinajstić information content (AvgIpc) is 2.91. The van der Waals surface area contributed by atoms with Crippen LogP contribution in [-0.2, 0) is 0 Å². The number of ether oxygens (including phenoxy) is 2. The lowest BCUT2D eigenvalue weighted by atomic mass is 10.1. The number of rotatable bonds is 4. The fourth-order valence-corrected chi connectivity index (χ4v) is 2.36. The molecule has 110 valence electrons. The molecule has 1 saturated heterocycles. The van der Waals surface area contributed by atoms with Crippen molar-refractivity contribution in [1.29, 1.82) is 0 Å². The van der Waals surface area contributed by atoms with Gasteiger partial charge in [-0.25, -0.2) is 0 Å². The van der Waals surface area contributed by atoms with Crippen LogP contribution in [0.25, 0.3) is 0 Å². The third kappa shape index (κ3) is 2.71. The van der Waals surface area contributed by atoms with E-state index in [0.29, 0.717) is 30.2 Å². The molecule has 0 aromatic heterocycles. The summed E-state index contributed by atoms with van der Waals surface area (Å²) < 4.78 is 10.4. The zero-order valence-corrected chi connectivity index (χ0v) is 11.9. The highest BCUT2D eigenvalue weighted by molar-refractivity contribution is 5.97. The van der Waals surface area contributed by atoms with Gasteiger partial charge in [-0.05, 0) is 12.1 Å². The number of amides is 1. The number of nitrogens with zero attached hydrogens (tertiary/aromatic N) is 1. The van der Waals surface area contributed by atoms with Crippen LogP contribution in [0.4, 0.5) is 0 Å². The van der Waals surface area contributed by atoms with Gasteiger partial charge in [0.2, 0.25) is 0 Å². The van der Waals surface area contributed by atoms with Crippen LogP contribution < -0.4 is 14.8 Å². The highest BCUT2D eigenvalue weighted by Gasteiger charge is 2.32. The Morgan fingerprint density at radius 2 is 2.10 bits per heavy atom. The Morgan fingerprint density at radius 3 is 2.65 bits per heavy atom. The van der Waals surface area contributed by atoms with Crippen LogP contribution in [0.15, 0.2) is 18.2 Å². The Morgan fingerprint density at radius 1 is 1.35 bits per heavy atom. The van der Waals surface area contributed by atoms with E-state index in [9.17, 15) is 9.90 Å². The smallest absolute Gasteiger partial charge is 0.257 e. The second-order valence-electron chi connectivity index (χ2n) is 4.78. The van der Waals surface area contributed by atoms with Gasteiger partial charge in [-0.3, -0.25) is 4.79 Å².